The van der Waals surface area contributed by atoms with Crippen molar-refractivity contribution >= 4 is 11.6 Å². The minimum atomic E-state index is -0.545. The molecule has 6 rings (SSSR count). The Morgan fingerprint density at radius 1 is 1.09 bits per heavy atom. The number of aliphatic hydroxyl groups is 1. The SMILES string of the molecule is COc1ncccc1[C@H](O)C1CCN(CC23CC(c4ccccc42)c2ccc(Cl)cc23)CC1. The van der Waals surface area contributed by atoms with Gasteiger partial charge in [0.25, 0.3) is 0 Å². The van der Waals surface area contributed by atoms with Crippen LogP contribution >= 0.6 is 11.6 Å². The van der Waals surface area contributed by atoms with Gasteiger partial charge >= 0.3 is 0 Å². The fraction of sp³-hybridized carbons (Fsp3) is 0.393. The number of likely N-dealkylation sites (tertiary alicyclic amines) is 1. The number of nitrogens with zero attached hydrogens (tertiary/aromatic N) is 2. The molecule has 33 heavy (non-hydrogen) atoms. The van der Waals surface area contributed by atoms with Gasteiger partial charge in [-0.15, -0.1) is 0 Å². The first-order chi connectivity index (χ1) is 16.1. The van der Waals surface area contributed by atoms with Crippen molar-refractivity contribution in [2.45, 2.75) is 36.7 Å². The molecule has 2 aliphatic carbocycles. The van der Waals surface area contributed by atoms with E-state index in [0.717, 1.165) is 49.5 Å². The summed E-state index contributed by atoms with van der Waals surface area (Å²) in [6.07, 6.45) is 4.22. The van der Waals surface area contributed by atoms with Gasteiger partial charge in [-0.2, -0.15) is 0 Å². The summed E-state index contributed by atoms with van der Waals surface area (Å²) in [5.41, 5.74) is 6.64. The lowest BCUT2D eigenvalue weighted by Gasteiger charge is -2.40. The molecule has 3 aliphatic rings. The maximum atomic E-state index is 11.1. The molecule has 2 heterocycles. The van der Waals surface area contributed by atoms with E-state index in [4.69, 9.17) is 16.3 Å². The molecule has 1 N–H and O–H groups in total. The molecule has 3 aromatic rings. The van der Waals surface area contributed by atoms with E-state index in [2.05, 4.69) is 46.3 Å². The van der Waals surface area contributed by atoms with E-state index in [-0.39, 0.29) is 11.3 Å². The van der Waals surface area contributed by atoms with Crippen LogP contribution in [-0.2, 0) is 5.41 Å². The molecule has 0 spiro atoms. The first-order valence-electron chi connectivity index (χ1n) is 11.9. The molecule has 0 radical (unpaired) electrons. The van der Waals surface area contributed by atoms with Crippen molar-refractivity contribution in [3.63, 3.8) is 0 Å². The van der Waals surface area contributed by atoms with Crippen molar-refractivity contribution in [3.05, 3.63) is 93.6 Å². The highest BCUT2D eigenvalue weighted by Gasteiger charge is 2.53. The van der Waals surface area contributed by atoms with Crippen molar-refractivity contribution in [1.82, 2.24) is 9.88 Å². The van der Waals surface area contributed by atoms with Crippen LogP contribution in [0, 0.1) is 5.92 Å². The number of fused-ring (bicyclic) bond motifs is 8. The van der Waals surface area contributed by atoms with Gasteiger partial charge in [-0.1, -0.05) is 41.9 Å². The molecule has 4 nitrogen and oxygen atoms in total. The van der Waals surface area contributed by atoms with Gasteiger partial charge in [0.1, 0.15) is 0 Å². The maximum absolute atomic E-state index is 11.1. The Morgan fingerprint density at radius 3 is 2.70 bits per heavy atom. The molecule has 2 unspecified atom stereocenters. The zero-order valence-corrected chi connectivity index (χ0v) is 19.6. The molecule has 2 aromatic carbocycles. The van der Waals surface area contributed by atoms with E-state index in [9.17, 15) is 5.11 Å². The zero-order chi connectivity index (χ0) is 22.6. The number of piperidine rings is 1. The van der Waals surface area contributed by atoms with Gasteiger partial charge in [-0.3, -0.25) is 0 Å². The minimum absolute atomic E-state index is 0.0134. The van der Waals surface area contributed by atoms with Crippen LogP contribution in [0.5, 0.6) is 5.88 Å². The van der Waals surface area contributed by atoms with Gasteiger partial charge in [0, 0.05) is 34.7 Å². The second-order valence-electron chi connectivity index (χ2n) is 9.82. The smallest absolute Gasteiger partial charge is 0.218 e. The van der Waals surface area contributed by atoms with Gasteiger partial charge in [0.05, 0.1) is 13.2 Å². The first kappa shape index (κ1) is 21.2. The summed E-state index contributed by atoms with van der Waals surface area (Å²) < 4.78 is 5.38. The summed E-state index contributed by atoms with van der Waals surface area (Å²) in [7, 11) is 1.61. The van der Waals surface area contributed by atoms with Crippen molar-refractivity contribution in [1.29, 1.82) is 0 Å². The number of methoxy groups -OCH3 is 1. The predicted molar refractivity (Wildman–Crippen MR) is 130 cm³/mol. The van der Waals surface area contributed by atoms with Gasteiger partial charge in [0.2, 0.25) is 5.88 Å². The van der Waals surface area contributed by atoms with Gasteiger partial charge in [-0.05, 0) is 84.8 Å². The molecule has 0 amide bonds. The predicted octanol–water partition coefficient (Wildman–Crippen LogP) is 5.32. The van der Waals surface area contributed by atoms with Gasteiger partial charge in [-0.25, -0.2) is 4.98 Å². The third-order valence-corrected chi connectivity index (χ3v) is 8.43. The quantitative estimate of drug-likeness (QED) is 0.559. The van der Waals surface area contributed by atoms with Gasteiger partial charge < -0.3 is 14.7 Å². The van der Waals surface area contributed by atoms with Crippen LogP contribution in [0.4, 0.5) is 0 Å². The Labute approximate surface area is 200 Å². The molecule has 0 saturated carbocycles. The lowest BCUT2D eigenvalue weighted by atomic mass is 9.74. The molecule has 1 aromatic heterocycles. The highest BCUT2D eigenvalue weighted by Crippen LogP contribution is 2.60. The molecular weight excluding hydrogens is 432 g/mol. The van der Waals surface area contributed by atoms with E-state index in [1.807, 2.05) is 18.2 Å². The van der Waals surface area contributed by atoms with E-state index < -0.39 is 6.10 Å². The Hall–Kier alpha value is -2.40. The van der Waals surface area contributed by atoms with E-state index in [1.165, 1.54) is 22.3 Å². The van der Waals surface area contributed by atoms with Crippen molar-refractivity contribution in [3.8, 4) is 5.88 Å². The number of benzene rings is 2. The fourth-order valence-electron chi connectivity index (χ4n) is 6.68. The molecule has 3 atom stereocenters. The molecule has 5 heteroatoms. The average Bonchev–Trinajstić information content (AvgIpc) is 3.35. The normalized spacial score (nSPS) is 25.0. The minimum Gasteiger partial charge on any atom is -0.481 e. The van der Waals surface area contributed by atoms with Crippen LogP contribution in [0.25, 0.3) is 0 Å². The lowest BCUT2D eigenvalue weighted by molar-refractivity contribution is 0.0521. The number of rotatable bonds is 5. The Kier molecular flexibility index (Phi) is 5.21. The second kappa shape index (κ2) is 8.12. The topological polar surface area (TPSA) is 45.6 Å². The number of aliphatic hydroxyl groups excluding tert-OH is 1. The number of hydrogen-bond donors (Lipinski definition) is 1. The molecule has 170 valence electrons. The largest absolute Gasteiger partial charge is 0.481 e. The molecule has 2 bridgehead atoms. The number of aromatic nitrogens is 1. The van der Waals surface area contributed by atoms with E-state index in [0.29, 0.717) is 11.8 Å². The molecule has 1 fully saturated rings. The summed E-state index contributed by atoms with van der Waals surface area (Å²) >= 11 is 6.47. The maximum Gasteiger partial charge on any atom is 0.218 e. The van der Waals surface area contributed by atoms with E-state index in [1.54, 1.807) is 13.3 Å². The average molecular weight is 461 g/mol. The molecular formula is C28H29ClN2O2. The van der Waals surface area contributed by atoms with Crippen molar-refractivity contribution < 1.29 is 9.84 Å². The number of ether oxygens (including phenoxy) is 1. The summed E-state index contributed by atoms with van der Waals surface area (Å²) in [6.45, 7) is 2.97. The first-order valence-corrected chi connectivity index (χ1v) is 12.3. The summed E-state index contributed by atoms with van der Waals surface area (Å²) in [4.78, 5) is 6.86. The highest BCUT2D eigenvalue weighted by atomic mass is 35.5. The highest BCUT2D eigenvalue weighted by molar-refractivity contribution is 6.30. The standard InChI is InChI=1S/C28H29ClN2O2/c1-33-27-22(6-4-12-30-27)26(32)18-10-13-31(14-11-18)17-28-16-23(20-5-2-3-7-24(20)28)21-9-8-19(29)15-25(21)28/h2-9,12,15,18,23,26,32H,10-11,13-14,16-17H2,1H3/t23?,26-,28?/m1/s1. The fourth-order valence-corrected chi connectivity index (χ4v) is 6.85. The van der Waals surface area contributed by atoms with Crippen LogP contribution < -0.4 is 4.74 Å². The number of hydrogen-bond acceptors (Lipinski definition) is 4. The summed E-state index contributed by atoms with van der Waals surface area (Å²) in [6, 6.07) is 19.3. The van der Waals surface area contributed by atoms with Crippen molar-refractivity contribution in [2.75, 3.05) is 26.7 Å². The zero-order valence-electron chi connectivity index (χ0n) is 18.9. The third kappa shape index (κ3) is 3.30. The third-order valence-electron chi connectivity index (χ3n) is 8.20. The second-order valence-corrected chi connectivity index (χ2v) is 10.3. The summed E-state index contributed by atoms with van der Waals surface area (Å²) in [5.74, 6) is 1.22. The van der Waals surface area contributed by atoms with E-state index >= 15 is 0 Å². The monoisotopic (exact) mass is 460 g/mol. The van der Waals surface area contributed by atoms with Crippen LogP contribution in [0.3, 0.4) is 0 Å². The van der Waals surface area contributed by atoms with Crippen LogP contribution in [0.1, 0.15) is 59.1 Å². The Balaban J connectivity index is 1.23. The Morgan fingerprint density at radius 2 is 1.88 bits per heavy atom. The lowest BCUT2D eigenvalue weighted by Crippen LogP contribution is -2.44. The van der Waals surface area contributed by atoms with Crippen molar-refractivity contribution in [2.24, 2.45) is 5.92 Å². The number of pyridine rings is 1. The van der Waals surface area contributed by atoms with Crippen LogP contribution in [0.2, 0.25) is 5.02 Å². The van der Waals surface area contributed by atoms with Gasteiger partial charge in [0.15, 0.2) is 0 Å². The molecule has 1 saturated heterocycles. The number of halogens is 1. The Bertz CT molecular complexity index is 1190. The van der Waals surface area contributed by atoms with Crippen LogP contribution in [-0.4, -0.2) is 41.7 Å². The summed E-state index contributed by atoms with van der Waals surface area (Å²) in [5, 5.41) is 11.9. The van der Waals surface area contributed by atoms with Crippen LogP contribution in [0.15, 0.2) is 60.8 Å². The molecule has 1 aliphatic heterocycles.